The van der Waals surface area contributed by atoms with Crippen molar-refractivity contribution in [3.05, 3.63) is 24.3 Å². The zero-order valence-corrected chi connectivity index (χ0v) is 8.37. The quantitative estimate of drug-likeness (QED) is 0.695. The number of hydrogen-bond acceptors (Lipinski definition) is 4. The van der Waals surface area contributed by atoms with Crippen LogP contribution in [-0.2, 0) is 0 Å². The fourth-order valence-electron chi connectivity index (χ4n) is 1.77. The molecule has 3 nitrogen and oxygen atoms in total. The van der Waals surface area contributed by atoms with Gasteiger partial charge in [-0.25, -0.2) is 0 Å². The lowest BCUT2D eigenvalue weighted by Crippen LogP contribution is -2.39. The Hall–Kier alpha value is -1.00. The molecule has 2 aliphatic rings. The number of nitrogens with zero attached hydrogens (tertiary/aromatic N) is 2. The van der Waals surface area contributed by atoms with Gasteiger partial charge in [0.2, 0.25) is 0 Å². The van der Waals surface area contributed by atoms with E-state index in [1.54, 1.807) is 11.8 Å². The number of rotatable bonds is 0. The first-order valence-corrected chi connectivity index (χ1v) is 5.43. The number of aliphatic imine (C=N–C) groups is 1. The Morgan fingerprint density at radius 3 is 3.21 bits per heavy atom. The van der Waals surface area contributed by atoms with Crippen molar-refractivity contribution in [3.63, 3.8) is 0 Å². The summed E-state index contributed by atoms with van der Waals surface area (Å²) in [5.74, 6) is 0. The Kier molecular flexibility index (Phi) is 1.78. The van der Waals surface area contributed by atoms with Crippen LogP contribution >= 0.6 is 11.8 Å². The number of aliphatic hydroxyl groups is 1. The summed E-state index contributed by atoms with van der Waals surface area (Å²) in [6.45, 7) is 1.20. The van der Waals surface area contributed by atoms with E-state index in [1.165, 1.54) is 10.6 Å². The summed E-state index contributed by atoms with van der Waals surface area (Å²) in [6, 6.07) is 8.21. The molecule has 2 aliphatic heterocycles. The molecule has 1 atom stereocenters. The van der Waals surface area contributed by atoms with Gasteiger partial charge in [-0.1, -0.05) is 12.1 Å². The van der Waals surface area contributed by atoms with E-state index in [9.17, 15) is 5.11 Å². The summed E-state index contributed by atoms with van der Waals surface area (Å²) in [7, 11) is 0. The van der Waals surface area contributed by atoms with Gasteiger partial charge < -0.3 is 10.0 Å². The molecule has 0 aliphatic carbocycles. The number of fused-ring (bicyclic) bond motifs is 3. The molecule has 0 spiro atoms. The third-order valence-electron chi connectivity index (χ3n) is 2.42. The summed E-state index contributed by atoms with van der Waals surface area (Å²) in [5.41, 5.74) is 1.18. The van der Waals surface area contributed by atoms with Crippen LogP contribution in [0.15, 0.2) is 34.2 Å². The molecule has 0 radical (unpaired) electrons. The van der Waals surface area contributed by atoms with Crippen molar-refractivity contribution in [1.82, 2.24) is 0 Å². The van der Waals surface area contributed by atoms with E-state index in [2.05, 4.69) is 22.0 Å². The van der Waals surface area contributed by atoms with Gasteiger partial charge in [-0.05, 0) is 23.9 Å². The SMILES string of the molecule is O[C@H]1CN=C2Sc3ccccc3N2C1. The number of thioether (sulfide) groups is 1. The van der Waals surface area contributed by atoms with E-state index in [0.717, 1.165) is 5.17 Å². The highest BCUT2D eigenvalue weighted by Crippen LogP contribution is 2.40. The van der Waals surface area contributed by atoms with Crippen molar-refractivity contribution in [2.24, 2.45) is 4.99 Å². The fraction of sp³-hybridized carbons (Fsp3) is 0.300. The molecule has 1 N–H and O–H groups in total. The first kappa shape index (κ1) is 8.32. The maximum Gasteiger partial charge on any atom is 0.168 e. The molecule has 4 heteroatoms. The Labute approximate surface area is 86.5 Å². The predicted molar refractivity (Wildman–Crippen MR) is 58.0 cm³/mol. The smallest absolute Gasteiger partial charge is 0.168 e. The number of amidine groups is 1. The normalized spacial score (nSPS) is 24.2. The standard InChI is InChI=1S/C10H10N2OS/c13-7-5-11-10-12(6-7)8-3-1-2-4-9(8)14-10/h1-4,7,13H,5-6H2/t7-/m0/s1. The highest BCUT2D eigenvalue weighted by molar-refractivity contribution is 8.14. The van der Waals surface area contributed by atoms with Crippen LogP contribution in [0, 0.1) is 0 Å². The monoisotopic (exact) mass is 206 g/mol. The van der Waals surface area contributed by atoms with E-state index in [0.29, 0.717) is 13.1 Å². The van der Waals surface area contributed by atoms with E-state index in [-0.39, 0.29) is 6.10 Å². The summed E-state index contributed by atoms with van der Waals surface area (Å²) in [5, 5.41) is 10.5. The molecule has 0 saturated carbocycles. The molecule has 2 heterocycles. The zero-order valence-electron chi connectivity index (χ0n) is 7.55. The second kappa shape index (κ2) is 3.00. The minimum absolute atomic E-state index is 0.328. The van der Waals surface area contributed by atoms with E-state index in [4.69, 9.17) is 0 Å². The topological polar surface area (TPSA) is 35.8 Å². The van der Waals surface area contributed by atoms with Crippen LogP contribution in [0.3, 0.4) is 0 Å². The van der Waals surface area contributed by atoms with Gasteiger partial charge in [0.1, 0.15) is 0 Å². The van der Waals surface area contributed by atoms with Gasteiger partial charge in [-0.3, -0.25) is 4.99 Å². The molecule has 0 bridgehead atoms. The van der Waals surface area contributed by atoms with Gasteiger partial charge in [0, 0.05) is 4.90 Å². The van der Waals surface area contributed by atoms with E-state index < -0.39 is 0 Å². The first-order chi connectivity index (χ1) is 6.84. The predicted octanol–water partition coefficient (Wildman–Crippen LogP) is 1.33. The molecule has 0 fully saturated rings. The molecule has 0 amide bonds. The highest BCUT2D eigenvalue weighted by Gasteiger charge is 2.30. The van der Waals surface area contributed by atoms with Gasteiger partial charge in [0.25, 0.3) is 0 Å². The van der Waals surface area contributed by atoms with Crippen LogP contribution in [0.4, 0.5) is 5.69 Å². The molecule has 14 heavy (non-hydrogen) atoms. The molecule has 3 rings (SSSR count). The number of para-hydroxylation sites is 1. The van der Waals surface area contributed by atoms with Crippen LogP contribution < -0.4 is 4.90 Å². The summed E-state index contributed by atoms with van der Waals surface area (Å²) >= 11 is 1.69. The lowest BCUT2D eigenvalue weighted by atomic mass is 10.2. The van der Waals surface area contributed by atoms with Crippen LogP contribution in [0.5, 0.6) is 0 Å². The molecular formula is C10H10N2OS. The molecule has 1 aromatic rings. The lowest BCUT2D eigenvalue weighted by Gasteiger charge is -2.26. The maximum absolute atomic E-state index is 9.52. The first-order valence-electron chi connectivity index (χ1n) is 4.61. The van der Waals surface area contributed by atoms with Crippen LogP contribution in [-0.4, -0.2) is 29.5 Å². The van der Waals surface area contributed by atoms with Crippen molar-refractivity contribution >= 4 is 22.6 Å². The van der Waals surface area contributed by atoms with Crippen molar-refractivity contribution in [3.8, 4) is 0 Å². The number of benzene rings is 1. The van der Waals surface area contributed by atoms with Crippen LogP contribution in [0.1, 0.15) is 0 Å². The molecular weight excluding hydrogens is 196 g/mol. The molecule has 0 unspecified atom stereocenters. The lowest BCUT2D eigenvalue weighted by molar-refractivity contribution is 0.189. The zero-order chi connectivity index (χ0) is 9.54. The summed E-state index contributed by atoms with van der Waals surface area (Å²) < 4.78 is 0. The summed E-state index contributed by atoms with van der Waals surface area (Å²) in [4.78, 5) is 7.67. The molecule has 1 aromatic carbocycles. The Balaban J connectivity index is 2.06. The van der Waals surface area contributed by atoms with Gasteiger partial charge in [-0.2, -0.15) is 0 Å². The number of hydrogen-bond donors (Lipinski definition) is 1. The Bertz CT molecular complexity index is 405. The van der Waals surface area contributed by atoms with Crippen molar-refractivity contribution < 1.29 is 5.11 Å². The van der Waals surface area contributed by atoms with Crippen molar-refractivity contribution in [2.45, 2.75) is 11.0 Å². The van der Waals surface area contributed by atoms with Gasteiger partial charge in [0.15, 0.2) is 5.17 Å². The van der Waals surface area contributed by atoms with Gasteiger partial charge >= 0.3 is 0 Å². The third kappa shape index (κ3) is 1.14. The third-order valence-corrected chi connectivity index (χ3v) is 3.52. The van der Waals surface area contributed by atoms with Gasteiger partial charge in [0.05, 0.1) is 24.9 Å². The highest BCUT2D eigenvalue weighted by atomic mass is 32.2. The van der Waals surface area contributed by atoms with Gasteiger partial charge in [-0.15, -0.1) is 0 Å². The second-order valence-electron chi connectivity index (χ2n) is 3.46. The number of anilines is 1. The van der Waals surface area contributed by atoms with Crippen LogP contribution in [0.25, 0.3) is 0 Å². The molecule has 72 valence electrons. The van der Waals surface area contributed by atoms with E-state index in [1.807, 2.05) is 12.1 Å². The average molecular weight is 206 g/mol. The average Bonchev–Trinajstić information content (AvgIpc) is 2.56. The Morgan fingerprint density at radius 2 is 2.29 bits per heavy atom. The van der Waals surface area contributed by atoms with Crippen LogP contribution in [0.2, 0.25) is 0 Å². The van der Waals surface area contributed by atoms with E-state index >= 15 is 0 Å². The molecule has 0 aromatic heterocycles. The van der Waals surface area contributed by atoms with Crippen molar-refractivity contribution in [1.29, 1.82) is 0 Å². The molecule has 0 saturated heterocycles. The largest absolute Gasteiger partial charge is 0.389 e. The Morgan fingerprint density at radius 1 is 1.43 bits per heavy atom. The minimum atomic E-state index is -0.328. The fourth-order valence-corrected chi connectivity index (χ4v) is 2.82. The maximum atomic E-state index is 9.52. The second-order valence-corrected chi connectivity index (χ2v) is 4.47. The van der Waals surface area contributed by atoms with Crippen molar-refractivity contribution in [2.75, 3.05) is 18.0 Å². The minimum Gasteiger partial charge on any atom is -0.389 e. The summed E-state index contributed by atoms with van der Waals surface area (Å²) in [6.07, 6.45) is -0.328. The number of aliphatic hydroxyl groups excluding tert-OH is 1.